The number of ether oxygens (including phenoxy) is 1. The molecule has 3 rings (SSSR count). The van der Waals surface area contributed by atoms with Gasteiger partial charge in [-0.15, -0.1) is 0 Å². The third-order valence-corrected chi connectivity index (χ3v) is 6.13. The third kappa shape index (κ3) is 2.43. The van der Waals surface area contributed by atoms with Crippen LogP contribution in [-0.2, 0) is 17.2 Å². The number of nitrogens with one attached hydrogen (secondary N) is 1. The van der Waals surface area contributed by atoms with E-state index in [-0.39, 0.29) is 11.3 Å². The van der Waals surface area contributed by atoms with Crippen LogP contribution in [0.5, 0.6) is 5.75 Å². The molecule has 104 valence electrons. The van der Waals surface area contributed by atoms with Gasteiger partial charge in [0.15, 0.2) is 0 Å². The van der Waals surface area contributed by atoms with Crippen LogP contribution in [-0.4, -0.2) is 28.4 Å². The SMILES string of the molecule is COc1ccc2c(c1)CCC1C2NC(C)CCS1=O. The van der Waals surface area contributed by atoms with Crippen molar-refractivity contribution in [1.82, 2.24) is 5.32 Å². The van der Waals surface area contributed by atoms with E-state index in [2.05, 4.69) is 24.4 Å². The van der Waals surface area contributed by atoms with Crippen LogP contribution in [0, 0.1) is 0 Å². The summed E-state index contributed by atoms with van der Waals surface area (Å²) in [5, 5.41) is 3.94. The lowest BCUT2D eigenvalue weighted by molar-refractivity contribution is 0.405. The van der Waals surface area contributed by atoms with Gasteiger partial charge in [0.1, 0.15) is 5.75 Å². The first-order valence-electron chi connectivity index (χ1n) is 6.99. The lowest BCUT2D eigenvalue weighted by Crippen LogP contribution is -2.39. The summed E-state index contributed by atoms with van der Waals surface area (Å²) in [5.41, 5.74) is 2.67. The molecule has 3 nitrogen and oxygen atoms in total. The van der Waals surface area contributed by atoms with Gasteiger partial charge in [-0.05, 0) is 49.4 Å². The van der Waals surface area contributed by atoms with E-state index in [1.54, 1.807) is 7.11 Å². The zero-order valence-electron chi connectivity index (χ0n) is 11.5. The van der Waals surface area contributed by atoms with E-state index < -0.39 is 10.8 Å². The Morgan fingerprint density at radius 3 is 3.00 bits per heavy atom. The summed E-state index contributed by atoms with van der Waals surface area (Å²) in [6.45, 7) is 2.19. The van der Waals surface area contributed by atoms with Crippen LogP contribution in [0.15, 0.2) is 18.2 Å². The molecule has 4 atom stereocenters. The molecule has 19 heavy (non-hydrogen) atoms. The Morgan fingerprint density at radius 1 is 1.37 bits per heavy atom. The van der Waals surface area contributed by atoms with Gasteiger partial charge in [-0.1, -0.05) is 6.07 Å². The van der Waals surface area contributed by atoms with Crippen LogP contribution < -0.4 is 10.1 Å². The molecule has 2 aliphatic rings. The maximum Gasteiger partial charge on any atom is 0.119 e. The minimum Gasteiger partial charge on any atom is -0.497 e. The van der Waals surface area contributed by atoms with Crippen molar-refractivity contribution in [1.29, 1.82) is 0 Å². The van der Waals surface area contributed by atoms with Crippen LogP contribution in [0.2, 0.25) is 0 Å². The van der Waals surface area contributed by atoms with E-state index in [1.807, 2.05) is 6.07 Å². The predicted octanol–water partition coefficient (Wildman–Crippen LogP) is 2.18. The van der Waals surface area contributed by atoms with Crippen molar-refractivity contribution in [3.63, 3.8) is 0 Å². The highest BCUT2D eigenvalue weighted by Crippen LogP contribution is 2.36. The molecular weight excluding hydrogens is 258 g/mol. The molecule has 1 aromatic rings. The molecule has 0 spiro atoms. The molecule has 1 N–H and O–H groups in total. The second-order valence-corrected chi connectivity index (χ2v) is 7.34. The Labute approximate surface area is 117 Å². The monoisotopic (exact) mass is 279 g/mol. The number of hydrogen-bond acceptors (Lipinski definition) is 3. The van der Waals surface area contributed by atoms with Crippen LogP contribution in [0.3, 0.4) is 0 Å². The van der Waals surface area contributed by atoms with E-state index in [9.17, 15) is 4.21 Å². The van der Waals surface area contributed by atoms with E-state index >= 15 is 0 Å². The maximum atomic E-state index is 12.4. The first kappa shape index (κ1) is 13.1. The fourth-order valence-electron chi connectivity index (χ4n) is 3.21. The molecule has 0 radical (unpaired) electrons. The van der Waals surface area contributed by atoms with Gasteiger partial charge in [0.05, 0.1) is 12.4 Å². The van der Waals surface area contributed by atoms with Crippen LogP contribution in [0.4, 0.5) is 0 Å². The highest BCUT2D eigenvalue weighted by molar-refractivity contribution is 7.85. The molecule has 1 aliphatic carbocycles. The lowest BCUT2D eigenvalue weighted by atomic mass is 9.86. The molecule has 0 bridgehead atoms. The molecule has 1 saturated heterocycles. The van der Waals surface area contributed by atoms with Crippen molar-refractivity contribution in [2.45, 2.75) is 43.5 Å². The minimum atomic E-state index is -0.703. The molecule has 4 unspecified atom stereocenters. The van der Waals surface area contributed by atoms with Crippen molar-refractivity contribution in [2.24, 2.45) is 0 Å². The highest BCUT2D eigenvalue weighted by Gasteiger charge is 2.36. The quantitative estimate of drug-likeness (QED) is 0.856. The maximum absolute atomic E-state index is 12.4. The van der Waals surface area contributed by atoms with Gasteiger partial charge in [0.2, 0.25) is 0 Å². The Hall–Kier alpha value is -0.870. The molecule has 1 aliphatic heterocycles. The molecule has 0 aromatic heterocycles. The predicted molar refractivity (Wildman–Crippen MR) is 78.1 cm³/mol. The van der Waals surface area contributed by atoms with Crippen LogP contribution in [0.1, 0.15) is 36.9 Å². The Kier molecular flexibility index (Phi) is 3.63. The number of hydrogen-bond donors (Lipinski definition) is 1. The zero-order valence-corrected chi connectivity index (χ0v) is 12.3. The Bertz CT molecular complexity index is 503. The average Bonchev–Trinajstić information content (AvgIpc) is 2.58. The van der Waals surface area contributed by atoms with E-state index in [1.165, 1.54) is 11.1 Å². The number of fused-ring (bicyclic) bond motifs is 3. The van der Waals surface area contributed by atoms with Gasteiger partial charge in [-0.25, -0.2) is 0 Å². The van der Waals surface area contributed by atoms with E-state index in [0.717, 1.165) is 30.8 Å². The van der Waals surface area contributed by atoms with Crippen molar-refractivity contribution in [3.8, 4) is 5.75 Å². The van der Waals surface area contributed by atoms with Gasteiger partial charge < -0.3 is 10.1 Å². The van der Waals surface area contributed by atoms with Crippen molar-refractivity contribution >= 4 is 10.8 Å². The summed E-state index contributed by atoms with van der Waals surface area (Å²) in [6, 6.07) is 6.97. The summed E-state index contributed by atoms with van der Waals surface area (Å²) >= 11 is 0. The number of rotatable bonds is 1. The van der Waals surface area contributed by atoms with Crippen molar-refractivity contribution in [2.75, 3.05) is 12.9 Å². The van der Waals surface area contributed by atoms with Gasteiger partial charge in [0, 0.05) is 28.6 Å². The standard InChI is InChI=1S/C15H21NO2S/c1-10-7-8-19(17)14-6-3-11-9-12(18-2)4-5-13(11)15(14)16-10/h4-5,9-10,14-16H,3,6-8H2,1-2H3. The second-order valence-electron chi connectivity index (χ2n) is 5.56. The summed E-state index contributed by atoms with van der Waals surface area (Å²) in [6.07, 6.45) is 3.03. The molecule has 1 fully saturated rings. The highest BCUT2D eigenvalue weighted by atomic mass is 32.2. The Morgan fingerprint density at radius 2 is 2.21 bits per heavy atom. The number of methoxy groups -OCH3 is 1. The topological polar surface area (TPSA) is 38.3 Å². The normalized spacial score (nSPS) is 34.0. The molecule has 4 heteroatoms. The minimum absolute atomic E-state index is 0.244. The summed E-state index contributed by atoms with van der Waals surface area (Å²) in [7, 11) is 1.000. The van der Waals surface area contributed by atoms with Gasteiger partial charge >= 0.3 is 0 Å². The van der Waals surface area contributed by atoms with Gasteiger partial charge in [-0.3, -0.25) is 4.21 Å². The third-order valence-electron chi connectivity index (χ3n) is 4.31. The first-order chi connectivity index (χ1) is 9.19. The average molecular weight is 279 g/mol. The van der Waals surface area contributed by atoms with Gasteiger partial charge in [-0.2, -0.15) is 0 Å². The van der Waals surface area contributed by atoms with Gasteiger partial charge in [0.25, 0.3) is 0 Å². The molecule has 0 amide bonds. The molecule has 1 aromatic carbocycles. The van der Waals surface area contributed by atoms with E-state index in [0.29, 0.717) is 6.04 Å². The Balaban J connectivity index is 1.99. The smallest absolute Gasteiger partial charge is 0.119 e. The fourth-order valence-corrected chi connectivity index (χ4v) is 5.01. The summed E-state index contributed by atoms with van der Waals surface area (Å²) in [4.78, 5) is 0. The van der Waals surface area contributed by atoms with Crippen LogP contribution >= 0.6 is 0 Å². The van der Waals surface area contributed by atoms with Crippen molar-refractivity contribution in [3.05, 3.63) is 29.3 Å². The lowest BCUT2D eigenvalue weighted by Gasteiger charge is -2.33. The summed E-state index contributed by atoms with van der Waals surface area (Å²) in [5.74, 6) is 1.75. The molecule has 0 saturated carbocycles. The number of benzene rings is 1. The fraction of sp³-hybridized carbons (Fsp3) is 0.600. The zero-order chi connectivity index (χ0) is 13.4. The van der Waals surface area contributed by atoms with Crippen LogP contribution in [0.25, 0.3) is 0 Å². The first-order valence-corrected chi connectivity index (χ1v) is 8.37. The second kappa shape index (κ2) is 5.25. The molecule has 1 heterocycles. The largest absolute Gasteiger partial charge is 0.497 e. The molecular formula is C15H21NO2S. The number of aryl methyl sites for hydroxylation is 1. The summed E-state index contributed by atoms with van der Waals surface area (Å²) < 4.78 is 17.7. The van der Waals surface area contributed by atoms with E-state index in [4.69, 9.17) is 4.74 Å². The van der Waals surface area contributed by atoms with Crippen molar-refractivity contribution < 1.29 is 8.95 Å².